The lowest BCUT2D eigenvalue weighted by molar-refractivity contribution is 0.0583. The molecule has 3 rings (SSSR count). The van der Waals surface area contributed by atoms with Crippen molar-refractivity contribution < 1.29 is 19.4 Å². The summed E-state index contributed by atoms with van der Waals surface area (Å²) in [5.41, 5.74) is 2.71. The maximum atomic E-state index is 12.3. The molecule has 0 radical (unpaired) electrons. The van der Waals surface area contributed by atoms with Gasteiger partial charge in [0.05, 0.1) is 11.4 Å². The molecule has 1 amide bonds. The van der Waals surface area contributed by atoms with E-state index in [1.54, 1.807) is 4.90 Å². The number of ether oxygens (including phenoxy) is 1. The van der Waals surface area contributed by atoms with Gasteiger partial charge in [-0.05, 0) is 51.0 Å². The first-order chi connectivity index (χ1) is 11.2. The summed E-state index contributed by atoms with van der Waals surface area (Å²) in [5, 5.41) is 15.5. The van der Waals surface area contributed by atoms with Crippen LogP contribution in [0.25, 0.3) is 11.3 Å². The first-order valence-electron chi connectivity index (χ1n) is 7.67. The number of benzene rings is 1. The number of aromatic nitrogens is 2. The number of aromatic amines is 1. The van der Waals surface area contributed by atoms with Gasteiger partial charge in [-0.2, -0.15) is 5.10 Å². The van der Waals surface area contributed by atoms with E-state index in [0.717, 1.165) is 23.2 Å². The predicted octanol–water partition coefficient (Wildman–Crippen LogP) is 3.07. The van der Waals surface area contributed by atoms with Gasteiger partial charge in [-0.3, -0.25) is 10.00 Å². The number of carboxylic acids is 1. The van der Waals surface area contributed by atoms with Crippen molar-refractivity contribution in [2.45, 2.75) is 32.8 Å². The largest absolute Gasteiger partial charge is 0.477 e. The molecular weight excluding hydrogens is 310 g/mol. The molecule has 2 aromatic rings. The molecule has 2 heterocycles. The number of aromatic carboxylic acids is 1. The Morgan fingerprint density at radius 1 is 1.29 bits per heavy atom. The standard InChI is InChI=1S/C17H19N3O4/c1-17(2,3)24-16(23)20-7-6-11-8-10(4-5-14(11)20)12-9-13(15(21)22)19-18-12/h4-5,8-9H,6-7H2,1-3H3,(H,18,19)(H,21,22). The number of rotatable bonds is 2. The van der Waals surface area contributed by atoms with Gasteiger partial charge < -0.3 is 9.84 Å². The van der Waals surface area contributed by atoms with Crippen LogP contribution in [-0.4, -0.2) is 39.5 Å². The molecule has 0 aliphatic carbocycles. The zero-order chi connectivity index (χ0) is 17.5. The minimum atomic E-state index is -1.05. The Hall–Kier alpha value is -2.83. The summed E-state index contributed by atoms with van der Waals surface area (Å²) in [5.74, 6) is -1.05. The fraction of sp³-hybridized carbons (Fsp3) is 0.353. The Morgan fingerprint density at radius 2 is 2.04 bits per heavy atom. The van der Waals surface area contributed by atoms with Crippen molar-refractivity contribution in [3.05, 3.63) is 35.5 Å². The molecule has 0 bridgehead atoms. The van der Waals surface area contributed by atoms with Crippen LogP contribution in [0.1, 0.15) is 36.8 Å². The van der Waals surface area contributed by atoms with Crippen molar-refractivity contribution in [2.24, 2.45) is 0 Å². The summed E-state index contributed by atoms with van der Waals surface area (Å²) in [6.07, 6.45) is 0.362. The average molecular weight is 329 g/mol. The molecule has 0 saturated carbocycles. The van der Waals surface area contributed by atoms with E-state index < -0.39 is 11.6 Å². The van der Waals surface area contributed by atoms with Crippen LogP contribution in [0.15, 0.2) is 24.3 Å². The number of hydrogen-bond acceptors (Lipinski definition) is 4. The van der Waals surface area contributed by atoms with E-state index in [2.05, 4.69) is 10.2 Å². The Bertz CT molecular complexity index is 804. The number of amides is 1. The number of hydrogen-bond donors (Lipinski definition) is 2. The Balaban J connectivity index is 1.85. The highest BCUT2D eigenvalue weighted by Crippen LogP contribution is 2.33. The second-order valence-electron chi connectivity index (χ2n) is 6.70. The highest BCUT2D eigenvalue weighted by Gasteiger charge is 2.29. The molecule has 0 spiro atoms. The van der Waals surface area contributed by atoms with Gasteiger partial charge in [0.1, 0.15) is 11.3 Å². The van der Waals surface area contributed by atoms with Crippen molar-refractivity contribution in [2.75, 3.05) is 11.4 Å². The molecular formula is C17H19N3O4. The molecule has 1 aliphatic rings. The Morgan fingerprint density at radius 3 is 2.67 bits per heavy atom. The third-order valence-corrected chi connectivity index (χ3v) is 3.69. The molecule has 0 atom stereocenters. The van der Waals surface area contributed by atoms with Crippen molar-refractivity contribution in [1.82, 2.24) is 10.2 Å². The van der Waals surface area contributed by atoms with Crippen LogP contribution < -0.4 is 4.90 Å². The van der Waals surface area contributed by atoms with E-state index >= 15 is 0 Å². The Labute approximate surface area is 139 Å². The van der Waals surface area contributed by atoms with Crippen LogP contribution in [0.2, 0.25) is 0 Å². The molecule has 0 fully saturated rings. The number of nitrogens with zero attached hydrogens (tertiary/aromatic N) is 2. The minimum Gasteiger partial charge on any atom is -0.477 e. The first kappa shape index (κ1) is 16.0. The highest BCUT2D eigenvalue weighted by molar-refractivity contribution is 5.91. The van der Waals surface area contributed by atoms with Gasteiger partial charge in [0, 0.05) is 12.1 Å². The Kier molecular flexibility index (Phi) is 3.79. The van der Waals surface area contributed by atoms with Crippen molar-refractivity contribution >= 4 is 17.7 Å². The SMILES string of the molecule is CC(C)(C)OC(=O)N1CCc2cc(-c3cc(C(=O)O)[nH]n3)ccc21. The molecule has 0 saturated heterocycles. The highest BCUT2D eigenvalue weighted by atomic mass is 16.6. The lowest BCUT2D eigenvalue weighted by Gasteiger charge is -2.24. The number of carbonyl (C=O) groups excluding carboxylic acids is 1. The fourth-order valence-corrected chi connectivity index (χ4v) is 2.65. The van der Waals surface area contributed by atoms with Gasteiger partial charge in [-0.15, -0.1) is 0 Å². The fourth-order valence-electron chi connectivity index (χ4n) is 2.65. The average Bonchev–Trinajstić information content (AvgIpc) is 3.12. The predicted molar refractivity (Wildman–Crippen MR) is 88.3 cm³/mol. The number of carboxylic acid groups (broad SMARTS) is 1. The smallest absolute Gasteiger partial charge is 0.414 e. The van der Waals surface area contributed by atoms with Crippen LogP contribution in [0.3, 0.4) is 0 Å². The number of carbonyl (C=O) groups is 2. The molecule has 1 aliphatic heterocycles. The van der Waals surface area contributed by atoms with Crippen LogP contribution in [0.4, 0.5) is 10.5 Å². The third-order valence-electron chi connectivity index (χ3n) is 3.69. The lowest BCUT2D eigenvalue weighted by Crippen LogP contribution is -2.35. The lowest BCUT2D eigenvalue weighted by atomic mass is 10.1. The number of fused-ring (bicyclic) bond motifs is 1. The summed E-state index contributed by atoms with van der Waals surface area (Å²) >= 11 is 0. The van der Waals surface area contributed by atoms with E-state index in [0.29, 0.717) is 12.2 Å². The maximum Gasteiger partial charge on any atom is 0.414 e. The first-order valence-corrected chi connectivity index (χ1v) is 7.67. The number of anilines is 1. The molecule has 0 unspecified atom stereocenters. The second-order valence-corrected chi connectivity index (χ2v) is 6.70. The third kappa shape index (κ3) is 3.10. The van der Waals surface area contributed by atoms with Gasteiger partial charge in [0.15, 0.2) is 0 Å². The molecule has 126 valence electrons. The van der Waals surface area contributed by atoms with Crippen LogP contribution in [0, 0.1) is 0 Å². The zero-order valence-corrected chi connectivity index (χ0v) is 13.8. The van der Waals surface area contributed by atoms with Crippen molar-refractivity contribution in [1.29, 1.82) is 0 Å². The molecule has 1 aromatic heterocycles. The molecule has 7 heteroatoms. The van der Waals surface area contributed by atoms with Crippen molar-refractivity contribution in [3.8, 4) is 11.3 Å². The monoisotopic (exact) mass is 329 g/mol. The maximum absolute atomic E-state index is 12.3. The molecule has 1 aromatic carbocycles. The minimum absolute atomic E-state index is 0.0425. The van der Waals surface area contributed by atoms with Crippen LogP contribution in [-0.2, 0) is 11.2 Å². The summed E-state index contributed by atoms with van der Waals surface area (Å²) in [7, 11) is 0. The van der Waals surface area contributed by atoms with Gasteiger partial charge in [0.25, 0.3) is 0 Å². The molecule has 7 nitrogen and oxygen atoms in total. The molecule has 2 N–H and O–H groups in total. The molecule has 24 heavy (non-hydrogen) atoms. The van der Waals surface area contributed by atoms with E-state index in [1.165, 1.54) is 6.07 Å². The van der Waals surface area contributed by atoms with E-state index in [4.69, 9.17) is 9.84 Å². The zero-order valence-electron chi connectivity index (χ0n) is 13.8. The van der Waals surface area contributed by atoms with Gasteiger partial charge >= 0.3 is 12.1 Å². The normalized spacial score (nSPS) is 13.7. The summed E-state index contributed by atoms with van der Waals surface area (Å²) in [6.45, 7) is 6.07. The van der Waals surface area contributed by atoms with Gasteiger partial charge in [-0.1, -0.05) is 6.07 Å². The quantitative estimate of drug-likeness (QED) is 0.883. The summed E-state index contributed by atoms with van der Waals surface area (Å²) < 4.78 is 5.43. The number of H-pyrrole nitrogens is 1. The van der Waals surface area contributed by atoms with E-state index in [-0.39, 0.29) is 11.8 Å². The topological polar surface area (TPSA) is 95.5 Å². The van der Waals surface area contributed by atoms with Gasteiger partial charge in [0.2, 0.25) is 0 Å². The van der Waals surface area contributed by atoms with Gasteiger partial charge in [-0.25, -0.2) is 9.59 Å². The number of nitrogens with one attached hydrogen (secondary N) is 1. The summed E-state index contributed by atoms with van der Waals surface area (Å²) in [6, 6.07) is 7.09. The van der Waals surface area contributed by atoms with Crippen LogP contribution >= 0.6 is 0 Å². The van der Waals surface area contributed by atoms with E-state index in [1.807, 2.05) is 39.0 Å². The summed E-state index contributed by atoms with van der Waals surface area (Å²) in [4.78, 5) is 24.8. The van der Waals surface area contributed by atoms with Crippen LogP contribution in [0.5, 0.6) is 0 Å². The second kappa shape index (κ2) is 5.67. The van der Waals surface area contributed by atoms with E-state index in [9.17, 15) is 9.59 Å². The van der Waals surface area contributed by atoms with Crippen molar-refractivity contribution in [3.63, 3.8) is 0 Å².